The van der Waals surface area contributed by atoms with Gasteiger partial charge in [-0.25, -0.2) is 0 Å². The van der Waals surface area contributed by atoms with Crippen LogP contribution in [0.2, 0.25) is 0 Å². The lowest BCUT2D eigenvalue weighted by Gasteiger charge is -2.00. The Morgan fingerprint density at radius 2 is 1.92 bits per heavy atom. The van der Waals surface area contributed by atoms with Gasteiger partial charge in [0.05, 0.1) is 17.1 Å². The maximum absolute atomic E-state index is 4.13. The molecule has 3 heteroatoms. The Kier molecular flexibility index (Phi) is 1.50. The van der Waals surface area contributed by atoms with Gasteiger partial charge >= 0.3 is 0 Å². The average Bonchev–Trinajstić information content (AvgIpc) is 2.61. The maximum atomic E-state index is 4.13. The second kappa shape index (κ2) is 2.52. The Hall–Kier alpha value is -1.51. The van der Waals surface area contributed by atoms with Crippen molar-refractivity contribution in [3.05, 3.63) is 35.9 Å². The Balaban J connectivity index is 2.60. The van der Waals surface area contributed by atoms with E-state index in [2.05, 4.69) is 14.8 Å². The van der Waals surface area contributed by atoms with E-state index in [1.165, 1.54) is 0 Å². The highest BCUT2D eigenvalue weighted by molar-refractivity contribution is 5.40. The van der Waals surface area contributed by atoms with E-state index in [1.807, 2.05) is 38.4 Å². The van der Waals surface area contributed by atoms with Crippen LogP contribution >= 0.6 is 0 Å². The number of H-pyrrole nitrogens is 1. The van der Waals surface area contributed by atoms with Gasteiger partial charge in [-0.15, -0.1) is 0 Å². The monoisotopic (exact) mass is 161 g/mol. The summed E-state index contributed by atoms with van der Waals surface area (Å²) in [6.07, 6.45) is 4.04. The first-order valence-electron chi connectivity index (χ1n) is 3.94. The number of rotatable bonds is 1. The van der Waals surface area contributed by atoms with Crippen LogP contribution in [0.5, 0.6) is 0 Å². The topological polar surface area (TPSA) is 33.6 Å². The van der Waals surface area contributed by atoms with Gasteiger partial charge in [-0.05, 0) is 26.0 Å². The molecule has 2 heterocycles. The lowest BCUT2D eigenvalue weighted by molar-refractivity contribution is 1.02. The molecule has 0 fully saturated rings. The van der Waals surface area contributed by atoms with Gasteiger partial charge in [-0.1, -0.05) is 0 Å². The minimum atomic E-state index is 1.03. The molecule has 62 valence electrons. The molecule has 3 nitrogen and oxygen atoms in total. The molecule has 0 amide bonds. The van der Waals surface area contributed by atoms with Crippen LogP contribution in [0.4, 0.5) is 0 Å². The third kappa shape index (κ3) is 0.942. The molecule has 12 heavy (non-hydrogen) atoms. The Labute approximate surface area is 71.0 Å². The molecule has 2 aromatic heterocycles. The Bertz CT molecular complexity index is 351. The third-order valence-electron chi connectivity index (χ3n) is 1.95. The molecule has 0 bridgehead atoms. The van der Waals surface area contributed by atoms with Gasteiger partial charge in [-0.2, -0.15) is 5.10 Å². The van der Waals surface area contributed by atoms with Crippen LogP contribution in [0.3, 0.4) is 0 Å². The van der Waals surface area contributed by atoms with Crippen molar-refractivity contribution in [2.75, 3.05) is 0 Å². The lowest BCUT2D eigenvalue weighted by Crippen LogP contribution is -1.92. The van der Waals surface area contributed by atoms with Gasteiger partial charge in [0.25, 0.3) is 0 Å². The smallest absolute Gasteiger partial charge is 0.0890 e. The maximum Gasteiger partial charge on any atom is 0.0890 e. The summed E-state index contributed by atoms with van der Waals surface area (Å²) in [7, 11) is 0. The van der Waals surface area contributed by atoms with E-state index in [1.54, 1.807) is 0 Å². The molecular formula is C9H11N3. The van der Waals surface area contributed by atoms with Crippen LogP contribution < -0.4 is 0 Å². The van der Waals surface area contributed by atoms with Crippen molar-refractivity contribution in [3.8, 4) is 5.69 Å². The van der Waals surface area contributed by atoms with Crippen molar-refractivity contribution in [1.82, 2.24) is 14.8 Å². The van der Waals surface area contributed by atoms with Crippen molar-refractivity contribution in [1.29, 1.82) is 0 Å². The summed E-state index contributed by atoms with van der Waals surface area (Å²) < 4.78 is 2.06. The molecule has 0 unspecified atom stereocenters. The van der Waals surface area contributed by atoms with Crippen LogP contribution in [-0.4, -0.2) is 14.8 Å². The predicted molar refractivity (Wildman–Crippen MR) is 47.4 cm³/mol. The second-order valence-electron chi connectivity index (χ2n) is 2.87. The number of hydrogen-bond acceptors (Lipinski definition) is 1. The summed E-state index contributed by atoms with van der Waals surface area (Å²) >= 11 is 0. The third-order valence-corrected chi connectivity index (χ3v) is 1.95. The molecule has 0 radical (unpaired) electrons. The summed E-state index contributed by atoms with van der Waals surface area (Å²) in [5.41, 5.74) is 3.28. The Morgan fingerprint density at radius 1 is 1.25 bits per heavy atom. The fourth-order valence-electron chi connectivity index (χ4n) is 1.41. The van der Waals surface area contributed by atoms with Crippen molar-refractivity contribution in [3.63, 3.8) is 0 Å². The van der Waals surface area contributed by atoms with E-state index in [-0.39, 0.29) is 0 Å². The van der Waals surface area contributed by atoms with Crippen molar-refractivity contribution in [2.45, 2.75) is 13.8 Å². The van der Waals surface area contributed by atoms with Crippen LogP contribution in [0.1, 0.15) is 11.4 Å². The predicted octanol–water partition coefficient (Wildman–Crippen LogP) is 1.82. The molecule has 1 N–H and O–H groups in total. The zero-order valence-corrected chi connectivity index (χ0v) is 7.20. The molecule has 0 aromatic carbocycles. The summed E-state index contributed by atoms with van der Waals surface area (Å²) in [6.45, 7) is 4.02. The molecule has 0 atom stereocenters. The van der Waals surface area contributed by atoms with E-state index in [4.69, 9.17) is 0 Å². The highest BCUT2D eigenvalue weighted by atomic mass is 15.2. The quantitative estimate of drug-likeness (QED) is 0.680. The van der Waals surface area contributed by atoms with Crippen molar-refractivity contribution < 1.29 is 0 Å². The van der Waals surface area contributed by atoms with Gasteiger partial charge in [0, 0.05) is 12.4 Å². The average molecular weight is 161 g/mol. The molecule has 0 aliphatic heterocycles. The molecule has 2 rings (SSSR count). The van der Waals surface area contributed by atoms with Gasteiger partial charge < -0.3 is 4.57 Å². The number of aryl methyl sites for hydroxylation is 2. The normalized spacial score (nSPS) is 10.5. The highest BCUT2D eigenvalue weighted by Crippen LogP contribution is 2.14. The minimum absolute atomic E-state index is 1.03. The highest BCUT2D eigenvalue weighted by Gasteiger charge is 2.05. The first-order chi connectivity index (χ1) is 5.79. The standard InChI is InChI=1S/C9H11N3/c1-7-9(8(2)11-10-7)12-5-3-4-6-12/h3-6H,1-2H3,(H,10,11). The number of nitrogens with zero attached hydrogens (tertiary/aromatic N) is 2. The zero-order chi connectivity index (χ0) is 8.55. The Morgan fingerprint density at radius 3 is 2.42 bits per heavy atom. The van der Waals surface area contributed by atoms with Crippen LogP contribution in [0.15, 0.2) is 24.5 Å². The van der Waals surface area contributed by atoms with Crippen molar-refractivity contribution >= 4 is 0 Å². The van der Waals surface area contributed by atoms with Crippen LogP contribution in [0.25, 0.3) is 5.69 Å². The summed E-state index contributed by atoms with van der Waals surface area (Å²) in [4.78, 5) is 0. The molecule has 0 spiro atoms. The number of hydrogen-bond donors (Lipinski definition) is 1. The summed E-state index contributed by atoms with van der Waals surface area (Å²) in [6, 6.07) is 4.01. The largest absolute Gasteiger partial charge is 0.321 e. The number of aromatic nitrogens is 3. The second-order valence-corrected chi connectivity index (χ2v) is 2.87. The molecule has 0 aliphatic rings. The molecule has 0 saturated heterocycles. The van der Waals surface area contributed by atoms with Gasteiger partial charge in [-0.3, -0.25) is 5.10 Å². The summed E-state index contributed by atoms with van der Waals surface area (Å²) in [5.74, 6) is 0. The first kappa shape index (κ1) is 7.16. The SMILES string of the molecule is Cc1n[nH]c(C)c1-n1cccc1. The molecule has 0 saturated carbocycles. The van der Waals surface area contributed by atoms with E-state index in [0.29, 0.717) is 0 Å². The van der Waals surface area contributed by atoms with Gasteiger partial charge in [0.2, 0.25) is 0 Å². The minimum Gasteiger partial charge on any atom is -0.321 e. The first-order valence-corrected chi connectivity index (χ1v) is 3.94. The zero-order valence-electron chi connectivity index (χ0n) is 7.20. The molecule has 0 aliphatic carbocycles. The van der Waals surface area contributed by atoms with E-state index < -0.39 is 0 Å². The fraction of sp³-hybridized carbons (Fsp3) is 0.222. The number of aromatic amines is 1. The lowest BCUT2D eigenvalue weighted by atomic mass is 10.3. The van der Waals surface area contributed by atoms with E-state index in [9.17, 15) is 0 Å². The van der Waals surface area contributed by atoms with Gasteiger partial charge in [0.1, 0.15) is 0 Å². The van der Waals surface area contributed by atoms with E-state index in [0.717, 1.165) is 17.1 Å². The molecule has 2 aromatic rings. The summed E-state index contributed by atoms with van der Waals surface area (Å²) in [5, 5.41) is 7.08. The number of nitrogens with one attached hydrogen (secondary N) is 1. The van der Waals surface area contributed by atoms with Gasteiger partial charge in [0.15, 0.2) is 0 Å². The fourth-order valence-corrected chi connectivity index (χ4v) is 1.41. The van der Waals surface area contributed by atoms with Crippen LogP contribution in [-0.2, 0) is 0 Å². The molecular weight excluding hydrogens is 150 g/mol. The van der Waals surface area contributed by atoms with Crippen LogP contribution in [0, 0.1) is 13.8 Å². The van der Waals surface area contributed by atoms with Crippen molar-refractivity contribution in [2.24, 2.45) is 0 Å². The van der Waals surface area contributed by atoms with E-state index >= 15 is 0 Å².